The van der Waals surface area contributed by atoms with Gasteiger partial charge in [-0.1, -0.05) is 11.6 Å². The highest BCUT2D eigenvalue weighted by atomic mass is 35.5. The molecule has 2 aliphatic rings. The topological polar surface area (TPSA) is 43.8 Å². The first-order valence-corrected chi connectivity index (χ1v) is 7.48. The molecule has 2 aliphatic carbocycles. The first-order valence-electron chi connectivity index (χ1n) is 7.10. The average molecular weight is 276 g/mol. The number of rotatable bonds is 3. The van der Waals surface area contributed by atoms with Crippen molar-refractivity contribution in [2.45, 2.75) is 50.1 Å². The van der Waals surface area contributed by atoms with Crippen molar-refractivity contribution in [2.75, 3.05) is 0 Å². The van der Waals surface area contributed by atoms with Crippen LogP contribution >= 0.6 is 11.6 Å². The van der Waals surface area contributed by atoms with E-state index in [0.717, 1.165) is 35.6 Å². The Bertz CT molecular complexity index is 638. The first kappa shape index (κ1) is 11.7. The fourth-order valence-corrected chi connectivity index (χ4v) is 3.27. The smallest absolute Gasteiger partial charge is 0.111 e. The predicted molar refractivity (Wildman–Crippen MR) is 77.5 cm³/mol. The molecule has 2 saturated carbocycles. The second kappa shape index (κ2) is 3.97. The van der Waals surface area contributed by atoms with Gasteiger partial charge in [0.1, 0.15) is 5.82 Å². The van der Waals surface area contributed by atoms with Gasteiger partial charge >= 0.3 is 0 Å². The van der Waals surface area contributed by atoms with Gasteiger partial charge in [0.2, 0.25) is 0 Å². The fraction of sp³-hybridized carbons (Fsp3) is 0.533. The van der Waals surface area contributed by atoms with Gasteiger partial charge in [0.15, 0.2) is 0 Å². The molecule has 19 heavy (non-hydrogen) atoms. The largest absolute Gasteiger partial charge is 0.325 e. The third-order valence-electron chi connectivity index (χ3n) is 4.50. The van der Waals surface area contributed by atoms with Crippen molar-refractivity contribution in [3.63, 3.8) is 0 Å². The van der Waals surface area contributed by atoms with Crippen molar-refractivity contribution in [2.24, 2.45) is 5.73 Å². The minimum atomic E-state index is -0.0161. The van der Waals surface area contributed by atoms with Gasteiger partial charge in [-0.05, 0) is 50.3 Å². The maximum Gasteiger partial charge on any atom is 0.111 e. The van der Waals surface area contributed by atoms with Crippen molar-refractivity contribution >= 4 is 22.6 Å². The molecule has 1 heterocycles. The number of fused-ring (bicyclic) bond motifs is 1. The Balaban J connectivity index is 1.82. The zero-order valence-corrected chi connectivity index (χ0v) is 11.7. The van der Waals surface area contributed by atoms with E-state index in [1.54, 1.807) is 0 Å². The van der Waals surface area contributed by atoms with Crippen LogP contribution in [0.5, 0.6) is 0 Å². The van der Waals surface area contributed by atoms with Crippen LogP contribution in [0.25, 0.3) is 11.0 Å². The summed E-state index contributed by atoms with van der Waals surface area (Å²) in [5, 5.41) is 0.784. The molecular weight excluding hydrogens is 258 g/mol. The number of nitrogens with zero attached hydrogens (tertiary/aromatic N) is 2. The molecule has 100 valence electrons. The van der Waals surface area contributed by atoms with Crippen molar-refractivity contribution in [3.05, 3.63) is 29.0 Å². The molecule has 4 heteroatoms. The molecule has 0 amide bonds. The number of halogens is 1. The molecule has 3 nitrogen and oxygen atoms in total. The highest BCUT2D eigenvalue weighted by molar-refractivity contribution is 6.31. The molecule has 0 spiro atoms. The third kappa shape index (κ3) is 1.96. The average Bonchev–Trinajstić information content (AvgIpc) is 3.10. The van der Waals surface area contributed by atoms with E-state index in [-0.39, 0.29) is 5.54 Å². The zero-order chi connectivity index (χ0) is 13.0. The number of imidazole rings is 1. The summed E-state index contributed by atoms with van der Waals surface area (Å²) in [7, 11) is 0. The molecule has 4 rings (SSSR count). The Morgan fingerprint density at radius 2 is 2.16 bits per heavy atom. The van der Waals surface area contributed by atoms with Crippen LogP contribution in [0, 0.1) is 0 Å². The second-order valence-corrected chi connectivity index (χ2v) is 6.59. The Morgan fingerprint density at radius 3 is 2.79 bits per heavy atom. The molecule has 1 aromatic heterocycles. The lowest BCUT2D eigenvalue weighted by Crippen LogP contribution is -2.48. The van der Waals surface area contributed by atoms with E-state index in [4.69, 9.17) is 22.3 Å². The molecular formula is C15H18ClN3. The molecule has 2 N–H and O–H groups in total. The van der Waals surface area contributed by atoms with Crippen LogP contribution in [0.1, 0.15) is 44.0 Å². The standard InChI is InChI=1S/C15H18ClN3/c16-10-2-5-12-13(8-10)19(11-3-4-11)14(18-12)9-15(17)6-1-7-15/h2,5,8,11H,1,3-4,6-7,9,17H2. The first-order chi connectivity index (χ1) is 9.15. The summed E-state index contributed by atoms with van der Waals surface area (Å²) in [6.45, 7) is 0. The van der Waals surface area contributed by atoms with Crippen molar-refractivity contribution in [3.8, 4) is 0 Å². The monoisotopic (exact) mass is 275 g/mol. The molecule has 2 fully saturated rings. The van der Waals surface area contributed by atoms with E-state index in [1.807, 2.05) is 18.2 Å². The quantitative estimate of drug-likeness (QED) is 0.932. The number of nitrogens with two attached hydrogens (primary N) is 1. The summed E-state index contributed by atoms with van der Waals surface area (Å²) in [5.41, 5.74) is 8.60. The summed E-state index contributed by atoms with van der Waals surface area (Å²) in [6.07, 6.45) is 6.91. The van der Waals surface area contributed by atoms with Crippen LogP contribution in [-0.4, -0.2) is 15.1 Å². The van der Waals surface area contributed by atoms with E-state index in [0.29, 0.717) is 6.04 Å². The van der Waals surface area contributed by atoms with Crippen LogP contribution in [0.2, 0.25) is 5.02 Å². The maximum atomic E-state index is 6.40. The predicted octanol–water partition coefficient (Wildman–Crippen LogP) is 3.45. The van der Waals surface area contributed by atoms with E-state index < -0.39 is 0 Å². The molecule has 0 atom stereocenters. The van der Waals surface area contributed by atoms with E-state index in [2.05, 4.69) is 4.57 Å². The second-order valence-electron chi connectivity index (χ2n) is 6.15. The maximum absolute atomic E-state index is 6.40. The highest BCUT2D eigenvalue weighted by Gasteiger charge is 2.36. The van der Waals surface area contributed by atoms with Gasteiger partial charge in [-0.2, -0.15) is 0 Å². The lowest BCUT2D eigenvalue weighted by atomic mass is 9.75. The van der Waals surface area contributed by atoms with E-state index in [9.17, 15) is 0 Å². The molecule has 0 saturated heterocycles. The summed E-state index contributed by atoms with van der Waals surface area (Å²) in [4.78, 5) is 4.81. The van der Waals surface area contributed by atoms with Gasteiger partial charge in [0.05, 0.1) is 11.0 Å². The summed E-state index contributed by atoms with van der Waals surface area (Å²) in [6, 6.07) is 6.58. The van der Waals surface area contributed by atoms with Gasteiger partial charge in [0.25, 0.3) is 0 Å². The highest BCUT2D eigenvalue weighted by Crippen LogP contribution is 2.41. The van der Waals surface area contributed by atoms with Crippen molar-refractivity contribution < 1.29 is 0 Å². The van der Waals surface area contributed by atoms with Crippen molar-refractivity contribution in [1.82, 2.24) is 9.55 Å². The molecule has 0 aliphatic heterocycles. The molecule has 0 radical (unpaired) electrons. The lowest BCUT2D eigenvalue weighted by molar-refractivity contribution is 0.241. The summed E-state index contributed by atoms with van der Waals surface area (Å²) < 4.78 is 2.38. The molecule has 0 unspecified atom stereocenters. The minimum Gasteiger partial charge on any atom is -0.325 e. The van der Waals surface area contributed by atoms with Gasteiger partial charge in [-0.15, -0.1) is 0 Å². The molecule has 1 aromatic carbocycles. The minimum absolute atomic E-state index is 0.0161. The fourth-order valence-electron chi connectivity index (χ4n) is 3.10. The number of benzene rings is 1. The lowest BCUT2D eigenvalue weighted by Gasteiger charge is -2.37. The Hall–Kier alpha value is -1.06. The van der Waals surface area contributed by atoms with Gasteiger partial charge in [0, 0.05) is 23.0 Å². The van der Waals surface area contributed by atoms with Crippen LogP contribution in [0.15, 0.2) is 18.2 Å². The zero-order valence-electron chi connectivity index (χ0n) is 10.9. The van der Waals surface area contributed by atoms with Gasteiger partial charge in [-0.3, -0.25) is 0 Å². The Labute approximate surface area is 117 Å². The van der Waals surface area contributed by atoms with Gasteiger partial charge in [-0.25, -0.2) is 4.98 Å². The number of hydrogen-bond donors (Lipinski definition) is 1. The van der Waals surface area contributed by atoms with Crippen molar-refractivity contribution in [1.29, 1.82) is 0 Å². The van der Waals surface area contributed by atoms with Gasteiger partial charge < -0.3 is 10.3 Å². The third-order valence-corrected chi connectivity index (χ3v) is 4.73. The SMILES string of the molecule is NC1(Cc2nc3ccc(Cl)cc3n2C2CC2)CCC1. The normalized spacial score (nSPS) is 21.6. The van der Waals surface area contributed by atoms with Crippen LogP contribution < -0.4 is 5.73 Å². The Morgan fingerprint density at radius 1 is 1.37 bits per heavy atom. The van der Waals surface area contributed by atoms with Crippen LogP contribution in [0.3, 0.4) is 0 Å². The molecule has 2 aromatic rings. The number of aromatic nitrogens is 2. The summed E-state index contributed by atoms with van der Waals surface area (Å²) in [5.74, 6) is 1.15. The van der Waals surface area contributed by atoms with Crippen LogP contribution in [-0.2, 0) is 6.42 Å². The number of hydrogen-bond acceptors (Lipinski definition) is 2. The van der Waals surface area contributed by atoms with E-state index in [1.165, 1.54) is 24.8 Å². The summed E-state index contributed by atoms with van der Waals surface area (Å²) >= 11 is 6.13. The van der Waals surface area contributed by atoms with Crippen LogP contribution in [0.4, 0.5) is 0 Å². The Kier molecular flexibility index (Phi) is 2.45. The van der Waals surface area contributed by atoms with E-state index >= 15 is 0 Å². The molecule has 0 bridgehead atoms.